The van der Waals surface area contributed by atoms with Crippen LogP contribution in [0.15, 0.2) is 9.94 Å². The van der Waals surface area contributed by atoms with Gasteiger partial charge in [0, 0.05) is 9.94 Å². The Morgan fingerprint density at radius 1 is 1.54 bits per heavy atom. The first-order valence-corrected chi connectivity index (χ1v) is 6.06. The van der Waals surface area contributed by atoms with Crippen LogP contribution in [0, 0.1) is 0 Å². The smallest absolute Gasteiger partial charge is 0.304 e. The summed E-state index contributed by atoms with van der Waals surface area (Å²) in [7, 11) is -3.04. The first-order valence-electron chi connectivity index (χ1n) is 3.04. The highest BCUT2D eigenvalue weighted by atomic mass is 79.9. The standard InChI is InChI=1S/C5H7ClN2O2S2.BrH/c6-3-1-12(9,10)2-4(3)11-5(7)8;/h1-2H2,(H3,7,8);1H. The second kappa shape index (κ2) is 4.68. The fourth-order valence-electron chi connectivity index (χ4n) is 0.830. The molecule has 0 unspecified atom stereocenters. The van der Waals surface area contributed by atoms with Gasteiger partial charge >= 0.3 is 5.17 Å². The third-order valence-corrected chi connectivity index (χ3v) is 4.39. The highest BCUT2D eigenvalue weighted by molar-refractivity contribution is 8.17. The van der Waals surface area contributed by atoms with Gasteiger partial charge in [-0.2, -0.15) is 0 Å². The predicted molar refractivity (Wildman–Crippen MR) is 50.2 cm³/mol. The van der Waals surface area contributed by atoms with Gasteiger partial charge in [-0.15, -0.1) is 0 Å². The highest BCUT2D eigenvalue weighted by Gasteiger charge is 2.28. The van der Waals surface area contributed by atoms with Gasteiger partial charge in [0.1, 0.15) is 0 Å². The number of thioether (sulfide) groups is 1. The Kier molecular flexibility index (Phi) is 4.78. The molecule has 0 saturated heterocycles. The zero-order valence-electron chi connectivity index (χ0n) is 6.46. The van der Waals surface area contributed by atoms with Crippen LogP contribution in [-0.2, 0) is 9.84 Å². The molecule has 0 radical (unpaired) electrons. The van der Waals surface area contributed by atoms with Crippen molar-refractivity contribution in [3.63, 3.8) is 0 Å². The molecule has 1 heterocycles. The van der Waals surface area contributed by atoms with E-state index in [9.17, 15) is 8.42 Å². The normalized spacial score (nSPS) is 19.8. The van der Waals surface area contributed by atoms with Crippen molar-refractivity contribution in [3.8, 4) is 0 Å². The summed E-state index contributed by atoms with van der Waals surface area (Å²) in [6.07, 6.45) is 0. The number of rotatable bonds is 1. The zero-order valence-corrected chi connectivity index (χ0v) is 10.4. The summed E-state index contributed by atoms with van der Waals surface area (Å²) in [4.78, 5) is 0.539. The first-order chi connectivity index (χ1) is 5.41. The molecule has 1 rings (SSSR count). The number of nitrogens with two attached hydrogens (primary N) is 2. The number of sulfone groups is 1. The second-order valence-electron chi connectivity index (χ2n) is 2.36. The van der Waals surface area contributed by atoms with Crippen molar-refractivity contribution in [1.82, 2.24) is 0 Å². The summed E-state index contributed by atoms with van der Waals surface area (Å²) in [6, 6.07) is 0. The molecule has 4 nitrogen and oxygen atoms in total. The molecule has 4 N–H and O–H groups in total. The largest absolute Gasteiger partial charge is 1.00 e. The summed E-state index contributed by atoms with van der Waals surface area (Å²) < 4.78 is 22.0. The first kappa shape index (κ1) is 13.3. The van der Waals surface area contributed by atoms with E-state index in [1.165, 1.54) is 0 Å². The minimum atomic E-state index is -3.04. The van der Waals surface area contributed by atoms with Crippen LogP contribution in [0.25, 0.3) is 0 Å². The zero-order chi connectivity index (χ0) is 9.35. The fourth-order valence-corrected chi connectivity index (χ4v) is 4.16. The van der Waals surface area contributed by atoms with Crippen LogP contribution >= 0.6 is 23.4 Å². The van der Waals surface area contributed by atoms with E-state index in [-0.39, 0.29) is 33.7 Å². The van der Waals surface area contributed by atoms with E-state index in [2.05, 4.69) is 0 Å². The van der Waals surface area contributed by atoms with Crippen LogP contribution in [0.2, 0.25) is 0 Å². The minimum Gasteiger partial charge on any atom is -1.00 e. The van der Waals surface area contributed by atoms with Gasteiger partial charge in [-0.05, 0) is 11.8 Å². The minimum absolute atomic E-state index is 0. The maximum Gasteiger partial charge on any atom is 0.304 e. The maximum absolute atomic E-state index is 11.0. The molecular weight excluding hydrogens is 300 g/mol. The molecule has 0 aromatic rings. The van der Waals surface area contributed by atoms with Crippen LogP contribution in [0.1, 0.15) is 0 Å². The van der Waals surface area contributed by atoms with Crippen molar-refractivity contribution in [2.24, 2.45) is 5.73 Å². The lowest BCUT2D eigenvalue weighted by atomic mass is 10.6. The molecule has 0 aromatic carbocycles. The summed E-state index contributed by atoms with van der Waals surface area (Å²) in [5.74, 6) is -0.140. The Bertz CT molecular complexity index is 352. The Morgan fingerprint density at radius 3 is 2.38 bits per heavy atom. The van der Waals surface area contributed by atoms with E-state index in [1.54, 1.807) is 0 Å². The molecule has 13 heavy (non-hydrogen) atoms. The van der Waals surface area contributed by atoms with Crippen LogP contribution in [0.3, 0.4) is 0 Å². The van der Waals surface area contributed by atoms with Crippen molar-refractivity contribution in [1.29, 1.82) is 0 Å². The molecule has 0 saturated carbocycles. The van der Waals surface area contributed by atoms with Crippen molar-refractivity contribution in [3.05, 3.63) is 9.94 Å². The Balaban J connectivity index is 0.00000144. The molecule has 0 spiro atoms. The van der Waals surface area contributed by atoms with Crippen molar-refractivity contribution >= 4 is 38.4 Å². The Labute approximate surface area is 96.1 Å². The molecule has 8 heteroatoms. The molecule has 0 aliphatic carbocycles. The lowest BCUT2D eigenvalue weighted by Crippen LogP contribution is -3.00. The third kappa shape index (κ3) is 3.88. The number of hydrogen-bond donors (Lipinski definition) is 2. The van der Waals surface area contributed by atoms with Crippen molar-refractivity contribution in [2.75, 3.05) is 11.5 Å². The Morgan fingerprint density at radius 2 is 2.08 bits per heavy atom. The van der Waals surface area contributed by atoms with Gasteiger partial charge in [0.05, 0.1) is 11.5 Å². The van der Waals surface area contributed by atoms with Crippen LogP contribution in [0.4, 0.5) is 0 Å². The molecule has 0 aromatic heterocycles. The van der Waals surface area contributed by atoms with E-state index in [4.69, 9.17) is 22.7 Å². The fraction of sp³-hybridized carbons (Fsp3) is 0.400. The number of amidine groups is 1. The molecule has 0 amide bonds. The van der Waals surface area contributed by atoms with E-state index in [0.717, 1.165) is 11.8 Å². The van der Waals surface area contributed by atoms with Crippen LogP contribution < -0.4 is 28.1 Å². The summed E-state index contributed by atoms with van der Waals surface area (Å²) in [6.45, 7) is 0. The van der Waals surface area contributed by atoms with Gasteiger partial charge in [-0.3, -0.25) is 11.1 Å². The maximum atomic E-state index is 11.0. The molecule has 0 fully saturated rings. The molecule has 0 atom stereocenters. The SMILES string of the molecule is NC(=[NH2+])SC1=C(Cl)CS(=O)(=O)C1.[Br-]. The molecular formula is C5H8BrClN2O2S2. The second-order valence-corrected chi connectivity index (χ2v) is 6.05. The summed E-state index contributed by atoms with van der Waals surface area (Å²) >= 11 is 6.68. The van der Waals surface area contributed by atoms with Gasteiger partial charge in [-0.1, -0.05) is 11.6 Å². The van der Waals surface area contributed by atoms with E-state index < -0.39 is 9.84 Å². The Hall–Kier alpha value is 0.280. The van der Waals surface area contributed by atoms with Gasteiger partial charge in [-0.25, -0.2) is 8.42 Å². The molecule has 76 valence electrons. The third-order valence-electron chi connectivity index (χ3n) is 1.24. The average Bonchev–Trinajstić information content (AvgIpc) is 2.03. The number of hydrogen-bond acceptors (Lipinski definition) is 3. The van der Waals surface area contributed by atoms with Gasteiger partial charge in [0.15, 0.2) is 9.84 Å². The predicted octanol–water partition coefficient (Wildman–Crippen LogP) is -4.32. The van der Waals surface area contributed by atoms with Crippen LogP contribution in [-0.4, -0.2) is 25.1 Å². The van der Waals surface area contributed by atoms with E-state index in [1.807, 2.05) is 0 Å². The summed E-state index contributed by atoms with van der Waals surface area (Å²) in [5, 5.41) is 5.63. The number of halogens is 2. The lowest BCUT2D eigenvalue weighted by molar-refractivity contribution is -0.110. The lowest BCUT2D eigenvalue weighted by Gasteiger charge is -1.93. The highest BCUT2D eigenvalue weighted by Crippen LogP contribution is 2.30. The molecule has 1 aliphatic heterocycles. The van der Waals surface area contributed by atoms with Gasteiger partial charge < -0.3 is 17.0 Å². The molecule has 0 bridgehead atoms. The quantitative estimate of drug-likeness (QED) is 0.379. The topological polar surface area (TPSA) is 85.8 Å². The van der Waals surface area contributed by atoms with Crippen molar-refractivity contribution < 1.29 is 30.8 Å². The van der Waals surface area contributed by atoms with Gasteiger partial charge in [0.2, 0.25) is 0 Å². The molecule has 1 aliphatic rings. The van der Waals surface area contributed by atoms with Gasteiger partial charge in [0.25, 0.3) is 0 Å². The average molecular weight is 308 g/mol. The van der Waals surface area contributed by atoms with E-state index >= 15 is 0 Å². The monoisotopic (exact) mass is 306 g/mol. The van der Waals surface area contributed by atoms with Crippen molar-refractivity contribution in [2.45, 2.75) is 0 Å². The van der Waals surface area contributed by atoms with Crippen LogP contribution in [0.5, 0.6) is 0 Å². The van der Waals surface area contributed by atoms with E-state index in [0.29, 0.717) is 9.94 Å². The summed E-state index contributed by atoms with van der Waals surface area (Å²) in [5.41, 5.74) is 5.19.